The number of unbranched alkanes of at least 4 members (excludes halogenated alkanes) is 1. The average Bonchev–Trinajstić information content (AvgIpc) is 2.42. The van der Waals surface area contributed by atoms with Crippen molar-refractivity contribution >= 4 is 0 Å². The zero-order chi connectivity index (χ0) is 15.1. The van der Waals surface area contributed by atoms with Crippen LogP contribution in [0.4, 0.5) is 0 Å². The summed E-state index contributed by atoms with van der Waals surface area (Å²) in [6, 6.07) is 0.540. The molecule has 1 unspecified atom stereocenters. The van der Waals surface area contributed by atoms with Crippen molar-refractivity contribution in [2.24, 2.45) is 5.41 Å². The molecule has 1 aliphatic carbocycles. The van der Waals surface area contributed by atoms with Crippen molar-refractivity contribution < 1.29 is 4.74 Å². The highest BCUT2D eigenvalue weighted by Gasteiger charge is 2.44. The van der Waals surface area contributed by atoms with Crippen LogP contribution in [-0.2, 0) is 4.74 Å². The van der Waals surface area contributed by atoms with Crippen molar-refractivity contribution in [2.75, 3.05) is 13.2 Å². The number of hydrogen-bond donors (Lipinski definition) is 1. The van der Waals surface area contributed by atoms with E-state index in [1.54, 1.807) is 0 Å². The maximum atomic E-state index is 6.36. The van der Waals surface area contributed by atoms with Gasteiger partial charge in [0.15, 0.2) is 0 Å². The van der Waals surface area contributed by atoms with Crippen LogP contribution in [-0.4, -0.2) is 24.8 Å². The van der Waals surface area contributed by atoms with E-state index in [0.717, 1.165) is 13.2 Å². The van der Waals surface area contributed by atoms with E-state index in [0.29, 0.717) is 11.5 Å². The largest absolute Gasteiger partial charge is 0.374 e. The highest BCUT2D eigenvalue weighted by atomic mass is 16.5. The second kappa shape index (κ2) is 8.38. The van der Waals surface area contributed by atoms with Crippen molar-refractivity contribution in [3.8, 4) is 0 Å². The van der Waals surface area contributed by atoms with Crippen LogP contribution in [0.1, 0.15) is 86.0 Å². The summed E-state index contributed by atoms with van der Waals surface area (Å²) in [6.07, 6.45) is 10.1. The third kappa shape index (κ3) is 5.04. The molecule has 0 heterocycles. The summed E-state index contributed by atoms with van der Waals surface area (Å²) < 4.78 is 6.36. The molecule has 0 aromatic carbocycles. The van der Waals surface area contributed by atoms with Crippen LogP contribution < -0.4 is 5.32 Å². The van der Waals surface area contributed by atoms with Gasteiger partial charge in [0.1, 0.15) is 0 Å². The standard InChI is InChI=1S/C18H37NO/c1-6-9-10-16(19-15-7-2)18(20-8-3)13-11-17(4,5)12-14-18/h16,19H,6-15H2,1-5H3. The first-order chi connectivity index (χ1) is 9.49. The fourth-order valence-corrected chi connectivity index (χ4v) is 3.51. The highest BCUT2D eigenvalue weighted by Crippen LogP contribution is 2.44. The van der Waals surface area contributed by atoms with E-state index in [2.05, 4.69) is 39.9 Å². The molecule has 2 heteroatoms. The molecular formula is C18H37NO. The third-order valence-electron chi connectivity index (χ3n) is 5.00. The molecule has 20 heavy (non-hydrogen) atoms. The second-order valence-corrected chi connectivity index (χ2v) is 7.31. The van der Waals surface area contributed by atoms with Gasteiger partial charge in [-0.1, -0.05) is 40.5 Å². The summed E-state index contributed by atoms with van der Waals surface area (Å²) in [7, 11) is 0. The number of nitrogens with one attached hydrogen (secondary N) is 1. The van der Waals surface area contributed by atoms with Crippen LogP contribution in [0.3, 0.4) is 0 Å². The molecule has 0 aliphatic heterocycles. The molecule has 1 aliphatic rings. The minimum atomic E-state index is 0.0919. The lowest BCUT2D eigenvalue weighted by Crippen LogP contribution is -2.55. The lowest BCUT2D eigenvalue weighted by molar-refractivity contribution is -0.108. The Bertz CT molecular complexity index is 244. The first kappa shape index (κ1) is 18.0. The summed E-state index contributed by atoms with van der Waals surface area (Å²) in [4.78, 5) is 0. The summed E-state index contributed by atoms with van der Waals surface area (Å²) in [5.74, 6) is 0. The van der Waals surface area contributed by atoms with Gasteiger partial charge in [-0.05, 0) is 57.4 Å². The minimum Gasteiger partial charge on any atom is -0.374 e. The fraction of sp³-hybridized carbons (Fsp3) is 1.00. The summed E-state index contributed by atoms with van der Waals surface area (Å²) in [6.45, 7) is 13.5. The van der Waals surface area contributed by atoms with Crippen LogP contribution in [0.15, 0.2) is 0 Å². The van der Waals surface area contributed by atoms with E-state index in [1.807, 2.05) is 0 Å². The molecule has 1 saturated carbocycles. The average molecular weight is 284 g/mol. The topological polar surface area (TPSA) is 21.3 Å². The Morgan fingerprint density at radius 1 is 1.00 bits per heavy atom. The molecule has 0 bridgehead atoms. The van der Waals surface area contributed by atoms with Crippen molar-refractivity contribution in [2.45, 2.75) is 97.6 Å². The van der Waals surface area contributed by atoms with Crippen molar-refractivity contribution in [3.63, 3.8) is 0 Å². The van der Waals surface area contributed by atoms with Gasteiger partial charge in [0.05, 0.1) is 5.60 Å². The lowest BCUT2D eigenvalue weighted by Gasteiger charge is -2.48. The van der Waals surface area contributed by atoms with Gasteiger partial charge in [-0.15, -0.1) is 0 Å². The normalized spacial score (nSPS) is 22.6. The van der Waals surface area contributed by atoms with E-state index in [1.165, 1.54) is 51.4 Å². The molecule has 1 atom stereocenters. The molecule has 0 spiro atoms. The van der Waals surface area contributed by atoms with Gasteiger partial charge >= 0.3 is 0 Å². The van der Waals surface area contributed by atoms with E-state index >= 15 is 0 Å². The Morgan fingerprint density at radius 3 is 2.15 bits per heavy atom. The smallest absolute Gasteiger partial charge is 0.0834 e. The van der Waals surface area contributed by atoms with E-state index < -0.39 is 0 Å². The first-order valence-electron chi connectivity index (χ1n) is 8.87. The van der Waals surface area contributed by atoms with Crippen molar-refractivity contribution in [3.05, 3.63) is 0 Å². The Labute approximate surface area is 127 Å². The van der Waals surface area contributed by atoms with Crippen molar-refractivity contribution in [1.29, 1.82) is 0 Å². The third-order valence-corrected chi connectivity index (χ3v) is 5.00. The Balaban J connectivity index is 2.77. The Morgan fingerprint density at radius 2 is 1.65 bits per heavy atom. The molecular weight excluding hydrogens is 246 g/mol. The Kier molecular flexibility index (Phi) is 7.53. The van der Waals surface area contributed by atoms with E-state index in [-0.39, 0.29) is 5.60 Å². The van der Waals surface area contributed by atoms with Crippen LogP contribution >= 0.6 is 0 Å². The predicted molar refractivity (Wildman–Crippen MR) is 88.2 cm³/mol. The van der Waals surface area contributed by atoms with E-state index in [9.17, 15) is 0 Å². The van der Waals surface area contributed by atoms with Gasteiger partial charge in [0, 0.05) is 12.6 Å². The molecule has 0 amide bonds. The lowest BCUT2D eigenvalue weighted by atomic mass is 9.67. The maximum absolute atomic E-state index is 6.36. The zero-order valence-corrected chi connectivity index (χ0v) is 14.6. The molecule has 1 N–H and O–H groups in total. The molecule has 1 rings (SSSR count). The molecule has 0 saturated heterocycles. The van der Waals surface area contributed by atoms with Gasteiger partial charge in [-0.2, -0.15) is 0 Å². The van der Waals surface area contributed by atoms with Gasteiger partial charge in [0.2, 0.25) is 0 Å². The second-order valence-electron chi connectivity index (χ2n) is 7.31. The highest BCUT2D eigenvalue weighted by molar-refractivity contribution is 4.98. The van der Waals surface area contributed by atoms with Gasteiger partial charge in [-0.3, -0.25) is 0 Å². The maximum Gasteiger partial charge on any atom is 0.0834 e. The summed E-state index contributed by atoms with van der Waals surface area (Å²) in [5, 5.41) is 3.80. The van der Waals surface area contributed by atoms with Crippen LogP contribution in [0.2, 0.25) is 0 Å². The molecule has 1 fully saturated rings. The molecule has 2 nitrogen and oxygen atoms in total. The predicted octanol–water partition coefficient (Wildman–Crippen LogP) is 4.92. The minimum absolute atomic E-state index is 0.0919. The van der Waals surface area contributed by atoms with Crippen molar-refractivity contribution in [1.82, 2.24) is 5.32 Å². The quantitative estimate of drug-likeness (QED) is 0.648. The summed E-state index contributed by atoms with van der Waals surface area (Å²) in [5.41, 5.74) is 0.593. The Hall–Kier alpha value is -0.0800. The number of rotatable bonds is 9. The van der Waals surface area contributed by atoms with Crippen LogP contribution in [0, 0.1) is 5.41 Å². The van der Waals surface area contributed by atoms with Gasteiger partial charge in [-0.25, -0.2) is 0 Å². The SMILES string of the molecule is CCCCC(NCCC)C1(OCC)CCC(C)(C)CC1. The monoisotopic (exact) mass is 283 g/mol. The van der Waals surface area contributed by atoms with Crippen LogP contribution in [0.25, 0.3) is 0 Å². The van der Waals surface area contributed by atoms with Gasteiger partial charge < -0.3 is 10.1 Å². The van der Waals surface area contributed by atoms with E-state index in [4.69, 9.17) is 4.74 Å². The fourth-order valence-electron chi connectivity index (χ4n) is 3.51. The number of hydrogen-bond acceptors (Lipinski definition) is 2. The van der Waals surface area contributed by atoms with Crippen LogP contribution in [0.5, 0.6) is 0 Å². The number of ether oxygens (including phenoxy) is 1. The summed E-state index contributed by atoms with van der Waals surface area (Å²) >= 11 is 0. The molecule has 0 aromatic heterocycles. The molecule has 0 radical (unpaired) electrons. The first-order valence-corrected chi connectivity index (χ1v) is 8.87. The zero-order valence-electron chi connectivity index (χ0n) is 14.6. The van der Waals surface area contributed by atoms with Gasteiger partial charge in [0.25, 0.3) is 0 Å². The molecule has 0 aromatic rings. The molecule has 120 valence electrons.